The zero-order valence-corrected chi connectivity index (χ0v) is 8.98. The lowest BCUT2D eigenvalue weighted by molar-refractivity contribution is -0.383. The first-order valence-electron chi connectivity index (χ1n) is 4.87. The number of nitro groups is 1. The molecule has 0 aliphatic rings. The quantitative estimate of drug-likeness (QED) is 0.549. The monoisotopic (exact) mass is 222 g/mol. The second-order valence-corrected chi connectivity index (χ2v) is 2.76. The van der Waals surface area contributed by atoms with Crippen LogP contribution in [0.15, 0.2) is 30.5 Å². The molecule has 1 aromatic carbocycles. The first-order valence-corrected chi connectivity index (χ1v) is 4.87. The number of halogens is 1. The fourth-order valence-electron chi connectivity index (χ4n) is 1.28. The Morgan fingerprint density at radius 3 is 2.69 bits per heavy atom. The van der Waals surface area contributed by atoms with Gasteiger partial charge < -0.3 is 0 Å². The van der Waals surface area contributed by atoms with Crippen molar-refractivity contribution in [2.75, 3.05) is 0 Å². The van der Waals surface area contributed by atoms with Gasteiger partial charge in [-0.1, -0.05) is 19.9 Å². The van der Waals surface area contributed by atoms with Gasteiger partial charge in [-0.25, -0.2) is 9.37 Å². The van der Waals surface area contributed by atoms with Gasteiger partial charge in [-0.05, 0) is 12.1 Å². The number of rotatable bonds is 1. The molecule has 0 radical (unpaired) electrons. The molecule has 0 aliphatic carbocycles. The third-order valence-electron chi connectivity index (χ3n) is 1.85. The molecule has 0 spiro atoms. The molecule has 0 saturated heterocycles. The van der Waals surface area contributed by atoms with Gasteiger partial charge in [0, 0.05) is 11.6 Å². The van der Waals surface area contributed by atoms with E-state index in [1.807, 2.05) is 13.8 Å². The van der Waals surface area contributed by atoms with E-state index in [-0.39, 0.29) is 11.2 Å². The number of fused-ring (bicyclic) bond motifs is 1. The second-order valence-electron chi connectivity index (χ2n) is 2.76. The number of benzene rings is 1. The molecule has 84 valence electrons. The van der Waals surface area contributed by atoms with E-state index in [1.54, 1.807) is 12.1 Å². The van der Waals surface area contributed by atoms with E-state index in [4.69, 9.17) is 0 Å². The second kappa shape index (κ2) is 5.16. The summed E-state index contributed by atoms with van der Waals surface area (Å²) in [6, 6.07) is 5.27. The lowest BCUT2D eigenvalue weighted by atomic mass is 10.2. The Bertz CT molecular complexity index is 514. The van der Waals surface area contributed by atoms with Crippen molar-refractivity contribution in [3.05, 3.63) is 46.4 Å². The molecule has 0 saturated carbocycles. The van der Waals surface area contributed by atoms with E-state index < -0.39 is 10.7 Å². The first-order chi connectivity index (χ1) is 7.68. The lowest BCUT2D eigenvalue weighted by Crippen LogP contribution is -1.92. The van der Waals surface area contributed by atoms with Crippen LogP contribution in [0.25, 0.3) is 10.9 Å². The molecule has 2 aromatic rings. The molecule has 0 aliphatic heterocycles. The number of nitro benzene ring substituents is 1. The smallest absolute Gasteiger partial charge is 0.258 e. The predicted molar refractivity (Wildman–Crippen MR) is 59.7 cm³/mol. The Balaban J connectivity index is 0.000000606. The average Bonchev–Trinajstić information content (AvgIpc) is 2.30. The van der Waals surface area contributed by atoms with Crippen LogP contribution in [0.2, 0.25) is 0 Å². The van der Waals surface area contributed by atoms with Gasteiger partial charge in [0.05, 0.1) is 11.0 Å². The fourth-order valence-corrected chi connectivity index (χ4v) is 1.28. The Hall–Kier alpha value is -2.04. The number of non-ortho nitro benzene ring substituents is 1. The van der Waals surface area contributed by atoms with Crippen molar-refractivity contribution in [2.24, 2.45) is 0 Å². The molecule has 1 aromatic heterocycles. The van der Waals surface area contributed by atoms with Gasteiger partial charge in [0.1, 0.15) is 11.3 Å². The Morgan fingerprint density at radius 1 is 1.38 bits per heavy atom. The van der Waals surface area contributed by atoms with E-state index >= 15 is 0 Å². The van der Waals surface area contributed by atoms with E-state index in [0.717, 1.165) is 6.07 Å². The third kappa shape index (κ3) is 2.31. The van der Waals surface area contributed by atoms with Gasteiger partial charge >= 0.3 is 0 Å². The number of hydrogen-bond acceptors (Lipinski definition) is 3. The summed E-state index contributed by atoms with van der Waals surface area (Å²) in [5, 5.41) is 11.0. The maximum Gasteiger partial charge on any atom is 0.298 e. The van der Waals surface area contributed by atoms with Crippen LogP contribution in [0.3, 0.4) is 0 Å². The van der Waals surface area contributed by atoms with Crippen LogP contribution in [0.5, 0.6) is 0 Å². The molecular weight excluding hydrogens is 211 g/mol. The van der Waals surface area contributed by atoms with Crippen molar-refractivity contribution in [1.82, 2.24) is 4.98 Å². The zero-order valence-electron chi connectivity index (χ0n) is 8.98. The van der Waals surface area contributed by atoms with Crippen LogP contribution >= 0.6 is 0 Å². The van der Waals surface area contributed by atoms with E-state index in [1.165, 1.54) is 12.3 Å². The minimum Gasteiger partial charge on any atom is -0.258 e. The predicted octanol–water partition coefficient (Wildman–Crippen LogP) is 3.31. The first kappa shape index (κ1) is 12.0. The van der Waals surface area contributed by atoms with Crippen molar-refractivity contribution >= 4 is 16.6 Å². The highest BCUT2D eigenvalue weighted by molar-refractivity contribution is 5.86. The van der Waals surface area contributed by atoms with Gasteiger partial charge in [0.25, 0.3) is 5.69 Å². The van der Waals surface area contributed by atoms with Crippen LogP contribution in [-0.2, 0) is 0 Å². The largest absolute Gasteiger partial charge is 0.298 e. The summed E-state index contributed by atoms with van der Waals surface area (Å²) in [4.78, 5) is 13.8. The van der Waals surface area contributed by atoms with Crippen LogP contribution < -0.4 is 0 Å². The number of aromatic nitrogens is 1. The Kier molecular flexibility index (Phi) is 3.88. The zero-order chi connectivity index (χ0) is 12.1. The highest BCUT2D eigenvalue weighted by Crippen LogP contribution is 2.24. The minimum atomic E-state index is -0.640. The summed E-state index contributed by atoms with van der Waals surface area (Å²) in [7, 11) is 0. The van der Waals surface area contributed by atoms with Crippen LogP contribution in [-0.4, -0.2) is 9.91 Å². The van der Waals surface area contributed by atoms with Gasteiger partial charge in [-0.3, -0.25) is 10.1 Å². The number of nitrogens with zero attached hydrogens (tertiary/aromatic N) is 2. The van der Waals surface area contributed by atoms with Gasteiger partial charge in [-0.2, -0.15) is 0 Å². The molecule has 0 fully saturated rings. The van der Waals surface area contributed by atoms with E-state index in [9.17, 15) is 14.5 Å². The highest BCUT2D eigenvalue weighted by Gasteiger charge is 2.14. The summed E-state index contributed by atoms with van der Waals surface area (Å²) in [6.07, 6.45) is 1.44. The molecule has 0 unspecified atom stereocenters. The number of pyridine rings is 1. The highest BCUT2D eigenvalue weighted by atomic mass is 19.1. The van der Waals surface area contributed by atoms with Gasteiger partial charge in [0.2, 0.25) is 0 Å². The fraction of sp³-hybridized carbons (Fsp3) is 0.182. The van der Waals surface area contributed by atoms with Crippen molar-refractivity contribution in [3.63, 3.8) is 0 Å². The van der Waals surface area contributed by atoms with E-state index in [0.29, 0.717) is 5.39 Å². The molecule has 4 nitrogen and oxygen atoms in total. The Morgan fingerprint density at radius 2 is 2.06 bits per heavy atom. The molecule has 0 bridgehead atoms. The lowest BCUT2D eigenvalue weighted by Gasteiger charge is -1.97. The maximum absolute atomic E-state index is 12.9. The van der Waals surface area contributed by atoms with Crippen LogP contribution in [0, 0.1) is 15.9 Å². The van der Waals surface area contributed by atoms with Crippen molar-refractivity contribution in [1.29, 1.82) is 0 Å². The Labute approximate surface area is 91.9 Å². The maximum atomic E-state index is 12.9. The average molecular weight is 222 g/mol. The van der Waals surface area contributed by atoms with Gasteiger partial charge in [0.15, 0.2) is 0 Å². The standard InChI is InChI=1S/C9H5FN2O2.C2H6/c10-7-4-6-2-1-3-11-9(6)8(5-7)12(13)14;1-2/h1-5H;1-2H3. The summed E-state index contributed by atoms with van der Waals surface area (Å²) in [5.74, 6) is -0.628. The molecule has 5 heteroatoms. The molecular formula is C11H11FN2O2. The van der Waals surface area contributed by atoms with Gasteiger partial charge in [-0.15, -0.1) is 0 Å². The SMILES string of the molecule is CC.O=[N+]([O-])c1cc(F)cc2cccnc12. The number of hydrogen-bond donors (Lipinski definition) is 0. The molecule has 2 rings (SSSR count). The molecule has 0 atom stereocenters. The van der Waals surface area contributed by atoms with Crippen LogP contribution in [0.4, 0.5) is 10.1 Å². The molecule has 16 heavy (non-hydrogen) atoms. The van der Waals surface area contributed by atoms with Crippen molar-refractivity contribution < 1.29 is 9.31 Å². The van der Waals surface area contributed by atoms with Crippen LogP contribution in [0.1, 0.15) is 13.8 Å². The molecule has 0 N–H and O–H groups in total. The minimum absolute atomic E-state index is 0.207. The molecule has 1 heterocycles. The third-order valence-corrected chi connectivity index (χ3v) is 1.85. The van der Waals surface area contributed by atoms with Crippen molar-refractivity contribution in [3.8, 4) is 0 Å². The summed E-state index contributed by atoms with van der Waals surface area (Å²) >= 11 is 0. The van der Waals surface area contributed by atoms with E-state index in [2.05, 4.69) is 4.98 Å². The topological polar surface area (TPSA) is 56.0 Å². The summed E-state index contributed by atoms with van der Waals surface area (Å²) in [5.41, 5.74) is -0.0977. The normalized spacial score (nSPS) is 9.44. The summed E-state index contributed by atoms with van der Waals surface area (Å²) < 4.78 is 12.9. The summed E-state index contributed by atoms with van der Waals surface area (Å²) in [6.45, 7) is 4.00. The van der Waals surface area contributed by atoms with Crippen molar-refractivity contribution in [2.45, 2.75) is 13.8 Å². The molecule has 0 amide bonds.